The lowest BCUT2D eigenvalue weighted by atomic mass is 10.00. The maximum absolute atomic E-state index is 9.10. The summed E-state index contributed by atoms with van der Waals surface area (Å²) in [6.07, 6.45) is 0. The van der Waals surface area contributed by atoms with Gasteiger partial charge < -0.3 is 4.74 Å². The number of fused-ring (bicyclic) bond motifs is 1. The first-order valence-corrected chi connectivity index (χ1v) is 4.71. The SMILES string of the molecule is COc1cc(C#N)c2ccccc2c1C#N. The van der Waals surface area contributed by atoms with Crippen LogP contribution in [0.3, 0.4) is 0 Å². The summed E-state index contributed by atoms with van der Waals surface area (Å²) in [5.41, 5.74) is 0.989. The van der Waals surface area contributed by atoms with Crippen molar-refractivity contribution in [1.82, 2.24) is 0 Å². The van der Waals surface area contributed by atoms with Crippen LogP contribution in [0.15, 0.2) is 30.3 Å². The van der Waals surface area contributed by atoms with Crippen LogP contribution in [-0.4, -0.2) is 7.11 Å². The number of rotatable bonds is 1. The van der Waals surface area contributed by atoms with Gasteiger partial charge in [-0.05, 0) is 6.07 Å². The van der Waals surface area contributed by atoms with Crippen molar-refractivity contribution in [3.63, 3.8) is 0 Å². The molecule has 0 fully saturated rings. The van der Waals surface area contributed by atoms with Crippen LogP contribution in [0.4, 0.5) is 0 Å². The third kappa shape index (κ3) is 1.36. The van der Waals surface area contributed by atoms with Crippen molar-refractivity contribution < 1.29 is 4.74 Å². The second-order valence-corrected chi connectivity index (χ2v) is 3.27. The lowest BCUT2D eigenvalue weighted by molar-refractivity contribution is 0.414. The standard InChI is InChI=1S/C13H8N2O/c1-16-13-6-9(7-14)10-4-2-3-5-11(10)12(13)8-15/h2-6H,1H3. The molecule has 3 heteroatoms. The molecule has 0 saturated heterocycles. The Hall–Kier alpha value is -2.52. The van der Waals surface area contributed by atoms with Gasteiger partial charge in [0.2, 0.25) is 0 Å². The van der Waals surface area contributed by atoms with E-state index in [0.717, 1.165) is 10.8 Å². The molecule has 0 aliphatic carbocycles. The van der Waals surface area contributed by atoms with Gasteiger partial charge in [0.25, 0.3) is 0 Å². The molecule has 2 rings (SSSR count). The molecule has 0 unspecified atom stereocenters. The highest BCUT2D eigenvalue weighted by molar-refractivity contribution is 5.94. The highest BCUT2D eigenvalue weighted by Gasteiger charge is 2.11. The molecule has 0 spiro atoms. The Morgan fingerprint density at radius 1 is 1.06 bits per heavy atom. The van der Waals surface area contributed by atoms with Crippen molar-refractivity contribution >= 4 is 10.8 Å². The maximum atomic E-state index is 9.10. The maximum Gasteiger partial charge on any atom is 0.138 e. The fraction of sp³-hybridized carbons (Fsp3) is 0.0769. The predicted octanol–water partition coefficient (Wildman–Crippen LogP) is 2.59. The third-order valence-corrected chi connectivity index (χ3v) is 2.46. The topological polar surface area (TPSA) is 56.8 Å². The van der Waals surface area contributed by atoms with Crippen molar-refractivity contribution in [2.75, 3.05) is 7.11 Å². The summed E-state index contributed by atoms with van der Waals surface area (Å²) >= 11 is 0. The summed E-state index contributed by atoms with van der Waals surface area (Å²) in [6, 6.07) is 13.1. The fourth-order valence-corrected chi connectivity index (χ4v) is 1.72. The van der Waals surface area contributed by atoms with E-state index in [1.807, 2.05) is 24.3 Å². The van der Waals surface area contributed by atoms with E-state index >= 15 is 0 Å². The minimum atomic E-state index is 0.442. The van der Waals surface area contributed by atoms with E-state index in [2.05, 4.69) is 12.1 Å². The van der Waals surface area contributed by atoms with E-state index in [9.17, 15) is 0 Å². The van der Waals surface area contributed by atoms with Crippen LogP contribution in [0.5, 0.6) is 5.75 Å². The first-order valence-electron chi connectivity index (χ1n) is 4.71. The van der Waals surface area contributed by atoms with Gasteiger partial charge in [-0.25, -0.2) is 0 Å². The van der Waals surface area contributed by atoms with Crippen molar-refractivity contribution in [3.8, 4) is 17.9 Å². The molecule has 2 aromatic rings. The molecule has 2 aromatic carbocycles. The Bertz CT molecular complexity index is 633. The zero-order valence-electron chi connectivity index (χ0n) is 8.69. The normalized spacial score (nSPS) is 9.44. The second-order valence-electron chi connectivity index (χ2n) is 3.27. The van der Waals surface area contributed by atoms with Gasteiger partial charge in [-0.2, -0.15) is 10.5 Å². The summed E-state index contributed by atoms with van der Waals surface area (Å²) < 4.78 is 5.11. The molecular weight excluding hydrogens is 200 g/mol. The third-order valence-electron chi connectivity index (χ3n) is 2.46. The monoisotopic (exact) mass is 208 g/mol. The zero-order chi connectivity index (χ0) is 11.5. The molecule has 0 aliphatic rings. The van der Waals surface area contributed by atoms with E-state index in [0.29, 0.717) is 16.9 Å². The number of ether oxygens (including phenoxy) is 1. The highest BCUT2D eigenvalue weighted by Crippen LogP contribution is 2.30. The molecule has 76 valence electrons. The Balaban J connectivity index is 2.97. The van der Waals surface area contributed by atoms with Gasteiger partial charge in [-0.3, -0.25) is 0 Å². The fourth-order valence-electron chi connectivity index (χ4n) is 1.72. The summed E-state index contributed by atoms with van der Waals surface area (Å²) in [7, 11) is 1.49. The quantitative estimate of drug-likeness (QED) is 0.723. The van der Waals surface area contributed by atoms with Crippen LogP contribution >= 0.6 is 0 Å². The Kier molecular flexibility index (Phi) is 2.45. The van der Waals surface area contributed by atoms with Crippen LogP contribution in [0.1, 0.15) is 11.1 Å². The van der Waals surface area contributed by atoms with Crippen molar-refractivity contribution in [3.05, 3.63) is 41.5 Å². The van der Waals surface area contributed by atoms with Crippen molar-refractivity contribution in [1.29, 1.82) is 10.5 Å². The number of hydrogen-bond donors (Lipinski definition) is 0. The van der Waals surface area contributed by atoms with Gasteiger partial charge in [0.15, 0.2) is 0 Å². The molecular formula is C13H8N2O. The molecule has 0 saturated carbocycles. The van der Waals surface area contributed by atoms with E-state index in [-0.39, 0.29) is 0 Å². The average Bonchev–Trinajstić information content (AvgIpc) is 2.36. The van der Waals surface area contributed by atoms with Gasteiger partial charge in [0, 0.05) is 10.8 Å². The first kappa shape index (κ1) is 10.0. The van der Waals surface area contributed by atoms with E-state index in [1.165, 1.54) is 7.11 Å². The van der Waals surface area contributed by atoms with Crippen molar-refractivity contribution in [2.24, 2.45) is 0 Å². The molecule has 0 heterocycles. The summed E-state index contributed by atoms with van der Waals surface area (Å²) in [4.78, 5) is 0. The second kappa shape index (κ2) is 3.92. The molecule has 0 N–H and O–H groups in total. The number of benzene rings is 2. The minimum absolute atomic E-state index is 0.442. The number of nitriles is 2. The molecule has 3 nitrogen and oxygen atoms in total. The smallest absolute Gasteiger partial charge is 0.138 e. The van der Waals surface area contributed by atoms with Gasteiger partial charge in [-0.15, -0.1) is 0 Å². The summed E-state index contributed by atoms with van der Waals surface area (Å²) in [5, 5.41) is 19.7. The van der Waals surface area contributed by atoms with Crippen LogP contribution < -0.4 is 4.74 Å². The lowest BCUT2D eigenvalue weighted by Crippen LogP contribution is -1.92. The van der Waals surface area contributed by atoms with E-state index in [1.54, 1.807) is 6.07 Å². The zero-order valence-corrected chi connectivity index (χ0v) is 8.69. The Labute approximate surface area is 93.1 Å². The molecule has 0 bridgehead atoms. The number of hydrogen-bond acceptors (Lipinski definition) is 3. The highest BCUT2D eigenvalue weighted by atomic mass is 16.5. The summed E-state index contributed by atoms with van der Waals surface area (Å²) in [5.74, 6) is 0.442. The lowest BCUT2D eigenvalue weighted by Gasteiger charge is -2.07. The van der Waals surface area contributed by atoms with Gasteiger partial charge >= 0.3 is 0 Å². The van der Waals surface area contributed by atoms with Gasteiger partial charge in [0.05, 0.1) is 18.7 Å². The molecule has 0 atom stereocenters. The number of methoxy groups -OCH3 is 1. The predicted molar refractivity (Wildman–Crippen MR) is 59.9 cm³/mol. The van der Waals surface area contributed by atoms with E-state index in [4.69, 9.17) is 15.3 Å². The molecule has 0 aromatic heterocycles. The minimum Gasteiger partial charge on any atom is -0.495 e. The first-order chi connectivity index (χ1) is 7.81. The van der Waals surface area contributed by atoms with Crippen LogP contribution in [0.25, 0.3) is 10.8 Å². The van der Waals surface area contributed by atoms with Gasteiger partial charge in [0.1, 0.15) is 17.4 Å². The Morgan fingerprint density at radius 3 is 2.31 bits per heavy atom. The Morgan fingerprint density at radius 2 is 1.75 bits per heavy atom. The largest absolute Gasteiger partial charge is 0.495 e. The molecule has 16 heavy (non-hydrogen) atoms. The molecule has 0 radical (unpaired) electrons. The number of nitrogens with zero attached hydrogens (tertiary/aromatic N) is 2. The van der Waals surface area contributed by atoms with Gasteiger partial charge in [-0.1, -0.05) is 24.3 Å². The molecule has 0 amide bonds. The van der Waals surface area contributed by atoms with Crippen LogP contribution in [-0.2, 0) is 0 Å². The van der Waals surface area contributed by atoms with Crippen LogP contribution in [0, 0.1) is 22.7 Å². The summed E-state index contributed by atoms with van der Waals surface area (Å²) in [6.45, 7) is 0. The van der Waals surface area contributed by atoms with Crippen molar-refractivity contribution in [2.45, 2.75) is 0 Å². The molecule has 0 aliphatic heterocycles. The van der Waals surface area contributed by atoms with E-state index < -0.39 is 0 Å². The van der Waals surface area contributed by atoms with Crippen LogP contribution in [0.2, 0.25) is 0 Å². The average molecular weight is 208 g/mol.